The molecule has 7 heteroatoms. The summed E-state index contributed by atoms with van der Waals surface area (Å²) < 4.78 is 5.48. The monoisotopic (exact) mass is 407 g/mol. The maximum atomic E-state index is 13.1. The lowest BCUT2D eigenvalue weighted by Gasteiger charge is -2.14. The van der Waals surface area contributed by atoms with Gasteiger partial charge in [0.1, 0.15) is 5.75 Å². The molecule has 1 saturated heterocycles. The summed E-state index contributed by atoms with van der Waals surface area (Å²) in [7, 11) is 0. The topological polar surface area (TPSA) is 54.8 Å². The van der Waals surface area contributed by atoms with Crippen molar-refractivity contribution < 1.29 is 9.53 Å². The molecule has 5 nitrogen and oxygen atoms in total. The third-order valence-electron chi connectivity index (χ3n) is 3.92. The first kappa shape index (κ1) is 18.5. The minimum absolute atomic E-state index is 0.0969. The van der Waals surface area contributed by atoms with Crippen molar-refractivity contribution in [1.82, 2.24) is 4.98 Å². The molecule has 1 aliphatic rings. The fraction of sp³-hybridized carbons (Fsp3) is 0.0952. The Bertz CT molecular complexity index is 1010. The zero-order chi connectivity index (χ0) is 19.3. The molecule has 140 valence electrons. The Morgan fingerprint density at radius 1 is 1.14 bits per heavy atom. The summed E-state index contributed by atoms with van der Waals surface area (Å²) in [5.74, 6) is 0.715. The van der Waals surface area contributed by atoms with Crippen LogP contribution in [-0.4, -0.2) is 22.7 Å². The molecule has 1 aromatic heterocycles. The number of anilines is 1. The number of para-hydroxylation sites is 1. The number of aliphatic imine (C=N–C) groups is 1. The van der Waals surface area contributed by atoms with E-state index in [2.05, 4.69) is 9.98 Å². The third-order valence-corrected chi connectivity index (χ3v) is 5.55. The summed E-state index contributed by atoms with van der Waals surface area (Å²) in [6.07, 6.45) is 3.58. The number of nitrogens with zero attached hydrogens (tertiary/aromatic N) is 3. The largest absolute Gasteiger partial charge is 0.494 e. The number of thiazole rings is 1. The lowest BCUT2D eigenvalue weighted by Crippen LogP contribution is -2.28. The van der Waals surface area contributed by atoms with E-state index in [0.717, 1.165) is 17.0 Å². The molecule has 0 atom stereocenters. The van der Waals surface area contributed by atoms with E-state index in [9.17, 15) is 4.79 Å². The van der Waals surface area contributed by atoms with E-state index >= 15 is 0 Å². The number of carbonyl (C=O) groups excluding carboxylic acids is 1. The van der Waals surface area contributed by atoms with Gasteiger partial charge in [-0.15, -0.1) is 11.3 Å². The molecular formula is C21H17N3O2S2. The number of hydrogen-bond acceptors (Lipinski definition) is 6. The second-order valence-corrected chi connectivity index (χ2v) is 7.68. The Labute approximate surface area is 171 Å². The van der Waals surface area contributed by atoms with Crippen molar-refractivity contribution in [3.63, 3.8) is 0 Å². The van der Waals surface area contributed by atoms with E-state index in [4.69, 9.17) is 4.74 Å². The molecule has 0 N–H and O–H groups in total. The maximum Gasteiger partial charge on any atom is 0.271 e. The zero-order valence-corrected chi connectivity index (χ0v) is 16.7. The molecule has 1 amide bonds. The van der Waals surface area contributed by atoms with Gasteiger partial charge in [0.05, 0.1) is 17.2 Å². The number of ether oxygens (including phenoxy) is 1. The molecule has 2 heterocycles. The van der Waals surface area contributed by atoms with Crippen LogP contribution < -0.4 is 9.64 Å². The molecule has 2 aromatic carbocycles. The molecule has 1 fully saturated rings. The molecule has 0 bridgehead atoms. The average molecular weight is 408 g/mol. The van der Waals surface area contributed by atoms with Crippen molar-refractivity contribution in [2.24, 2.45) is 4.99 Å². The van der Waals surface area contributed by atoms with E-state index in [1.807, 2.05) is 73.0 Å². The SMILES string of the molecule is CCOc1ccc(/C=C2\S/C(=N/c3nccs3)N(c3ccccc3)C2=O)cc1. The Morgan fingerprint density at radius 2 is 1.93 bits per heavy atom. The van der Waals surface area contributed by atoms with E-state index in [-0.39, 0.29) is 5.91 Å². The molecule has 0 aliphatic carbocycles. The van der Waals surface area contributed by atoms with Crippen LogP contribution in [0.5, 0.6) is 5.75 Å². The summed E-state index contributed by atoms with van der Waals surface area (Å²) in [6.45, 7) is 2.57. The van der Waals surface area contributed by atoms with Gasteiger partial charge in [0.2, 0.25) is 5.13 Å². The normalized spacial score (nSPS) is 16.9. The number of amides is 1. The van der Waals surface area contributed by atoms with Gasteiger partial charge in [-0.1, -0.05) is 30.3 Å². The third kappa shape index (κ3) is 4.00. The summed E-state index contributed by atoms with van der Waals surface area (Å²) in [5, 5.41) is 3.09. The summed E-state index contributed by atoms with van der Waals surface area (Å²) in [6, 6.07) is 17.2. The highest BCUT2D eigenvalue weighted by Gasteiger charge is 2.34. The quantitative estimate of drug-likeness (QED) is 0.535. The fourth-order valence-corrected chi connectivity index (χ4v) is 4.23. The predicted molar refractivity (Wildman–Crippen MR) is 116 cm³/mol. The van der Waals surface area contributed by atoms with E-state index < -0.39 is 0 Å². The average Bonchev–Trinajstić information content (AvgIpc) is 3.33. The van der Waals surface area contributed by atoms with Crippen LogP contribution in [0.15, 0.2) is 76.1 Å². The van der Waals surface area contributed by atoms with Crippen LogP contribution in [-0.2, 0) is 4.79 Å². The molecule has 0 spiro atoms. The highest BCUT2D eigenvalue weighted by atomic mass is 32.2. The number of carbonyl (C=O) groups is 1. The van der Waals surface area contributed by atoms with E-state index in [0.29, 0.717) is 21.8 Å². The molecule has 3 aromatic rings. The van der Waals surface area contributed by atoms with Crippen LogP contribution in [0.1, 0.15) is 12.5 Å². The first-order valence-electron chi connectivity index (χ1n) is 8.74. The van der Waals surface area contributed by atoms with Crippen LogP contribution in [0.4, 0.5) is 10.8 Å². The number of aromatic nitrogens is 1. The highest BCUT2D eigenvalue weighted by molar-refractivity contribution is 8.19. The Kier molecular flexibility index (Phi) is 5.55. The van der Waals surface area contributed by atoms with Gasteiger partial charge in [-0.2, -0.15) is 4.99 Å². The van der Waals surface area contributed by atoms with E-state index in [1.165, 1.54) is 23.1 Å². The van der Waals surface area contributed by atoms with Crippen molar-refractivity contribution in [1.29, 1.82) is 0 Å². The van der Waals surface area contributed by atoms with Gasteiger partial charge in [-0.3, -0.25) is 9.69 Å². The first-order chi connectivity index (χ1) is 13.7. The molecular weight excluding hydrogens is 390 g/mol. The van der Waals surface area contributed by atoms with Crippen LogP contribution in [0.25, 0.3) is 6.08 Å². The lowest BCUT2D eigenvalue weighted by molar-refractivity contribution is -0.113. The second-order valence-electron chi connectivity index (χ2n) is 5.80. The van der Waals surface area contributed by atoms with Gasteiger partial charge in [0, 0.05) is 11.6 Å². The number of thioether (sulfide) groups is 1. The Morgan fingerprint density at radius 3 is 2.61 bits per heavy atom. The summed E-state index contributed by atoms with van der Waals surface area (Å²) in [4.78, 5) is 24.2. The van der Waals surface area contributed by atoms with Crippen molar-refractivity contribution in [3.8, 4) is 5.75 Å². The molecule has 0 saturated carbocycles. The Balaban J connectivity index is 1.69. The van der Waals surface area contributed by atoms with Gasteiger partial charge < -0.3 is 4.74 Å². The minimum Gasteiger partial charge on any atom is -0.494 e. The van der Waals surface area contributed by atoms with E-state index in [1.54, 1.807) is 11.1 Å². The molecule has 28 heavy (non-hydrogen) atoms. The number of benzene rings is 2. The number of rotatable bonds is 5. The summed E-state index contributed by atoms with van der Waals surface area (Å²) in [5.41, 5.74) is 1.72. The van der Waals surface area contributed by atoms with Gasteiger partial charge >= 0.3 is 0 Å². The minimum atomic E-state index is -0.0969. The molecule has 4 rings (SSSR count). The van der Waals surface area contributed by atoms with Gasteiger partial charge in [-0.25, -0.2) is 4.98 Å². The van der Waals surface area contributed by atoms with Crippen molar-refractivity contribution >= 4 is 51.1 Å². The summed E-state index contributed by atoms with van der Waals surface area (Å²) >= 11 is 2.79. The van der Waals surface area contributed by atoms with Gasteiger partial charge in [0.25, 0.3) is 5.91 Å². The predicted octanol–water partition coefficient (Wildman–Crippen LogP) is 5.35. The highest BCUT2D eigenvalue weighted by Crippen LogP contribution is 2.37. The van der Waals surface area contributed by atoms with Gasteiger partial charge in [-0.05, 0) is 54.6 Å². The molecule has 0 unspecified atom stereocenters. The van der Waals surface area contributed by atoms with Crippen LogP contribution >= 0.6 is 23.1 Å². The van der Waals surface area contributed by atoms with Crippen molar-refractivity contribution in [2.45, 2.75) is 6.92 Å². The first-order valence-corrected chi connectivity index (χ1v) is 10.4. The van der Waals surface area contributed by atoms with Crippen LogP contribution in [0.3, 0.4) is 0 Å². The lowest BCUT2D eigenvalue weighted by atomic mass is 10.2. The standard InChI is InChI=1S/C21H17N3O2S2/c1-2-26-17-10-8-15(9-11-17)14-18-19(25)24(16-6-4-3-5-7-16)21(28-18)23-20-22-12-13-27-20/h3-14H,2H2,1H3/b18-14-,23-21+. The van der Waals surface area contributed by atoms with Gasteiger partial charge in [0.15, 0.2) is 5.17 Å². The molecule has 1 aliphatic heterocycles. The smallest absolute Gasteiger partial charge is 0.271 e. The van der Waals surface area contributed by atoms with Crippen molar-refractivity contribution in [3.05, 3.63) is 76.6 Å². The van der Waals surface area contributed by atoms with Crippen molar-refractivity contribution in [2.75, 3.05) is 11.5 Å². The Hall–Kier alpha value is -2.90. The number of amidine groups is 1. The fourth-order valence-electron chi connectivity index (χ4n) is 2.68. The number of hydrogen-bond donors (Lipinski definition) is 0. The van der Waals surface area contributed by atoms with Crippen LogP contribution in [0, 0.1) is 0 Å². The van der Waals surface area contributed by atoms with Crippen LogP contribution in [0.2, 0.25) is 0 Å². The molecule has 0 radical (unpaired) electrons. The second kappa shape index (κ2) is 8.41. The zero-order valence-electron chi connectivity index (χ0n) is 15.1. The maximum absolute atomic E-state index is 13.1.